The third kappa shape index (κ3) is 3.39. The van der Waals surface area contributed by atoms with Crippen LogP contribution in [0, 0.1) is 5.92 Å². The Kier molecular flexibility index (Phi) is 6.01. The van der Waals surface area contributed by atoms with Crippen LogP contribution < -0.4 is 0 Å². The quantitative estimate of drug-likeness (QED) is 0.446. The van der Waals surface area contributed by atoms with E-state index < -0.39 is 0 Å². The second-order valence-corrected chi connectivity index (χ2v) is 6.68. The highest BCUT2D eigenvalue weighted by atomic mass is 15.0. The molecule has 0 aliphatic heterocycles. The lowest BCUT2D eigenvalue weighted by Crippen LogP contribution is -2.00. The smallest absolute Gasteiger partial charge is 0.0565 e. The molecule has 27 heavy (non-hydrogen) atoms. The zero-order valence-corrected chi connectivity index (χ0v) is 17.2. The average molecular weight is 358 g/mol. The lowest BCUT2D eigenvalue weighted by molar-refractivity contribution is 0.812. The molecule has 2 unspecified atom stereocenters. The summed E-state index contributed by atoms with van der Waals surface area (Å²) in [7, 11) is 2.24. The number of benzene rings is 2. The predicted molar refractivity (Wildman–Crippen MR) is 119 cm³/mol. The number of hydrogen-bond donors (Lipinski definition) is 0. The van der Waals surface area contributed by atoms with Gasteiger partial charge in [0.1, 0.15) is 0 Å². The maximum Gasteiger partial charge on any atom is 0.0565 e. The summed E-state index contributed by atoms with van der Waals surface area (Å²) in [5.41, 5.74) is 8.29. The van der Waals surface area contributed by atoms with Gasteiger partial charge in [0.05, 0.1) is 5.69 Å². The Morgan fingerprint density at radius 2 is 1.33 bits per heavy atom. The van der Waals surface area contributed by atoms with E-state index in [-0.39, 0.29) is 0 Å². The largest absolute Gasteiger partial charge is 0.346 e. The average Bonchev–Trinajstić information content (AvgIpc) is 3.49. The second-order valence-electron chi connectivity index (χ2n) is 6.68. The van der Waals surface area contributed by atoms with Gasteiger partial charge in [-0.05, 0) is 23.5 Å². The molecule has 2 aliphatic rings. The van der Waals surface area contributed by atoms with Crippen molar-refractivity contribution in [1.29, 1.82) is 0 Å². The molecule has 0 amide bonds. The standard InChI is InChI=1S/C22H19N.2C2H6/c1-23-21(16-10-6-3-7-11-16)20(15-8-4-2-5-9-15)18-13-12-17-14-19(17)22(18)23;2*1-2/h2-13,17,19H,14H2,1H3;2*1-2H3. The Hall–Kier alpha value is -2.54. The topological polar surface area (TPSA) is 4.93 Å². The number of nitrogens with zero attached hydrogens (tertiary/aromatic N) is 1. The van der Waals surface area contributed by atoms with Crippen molar-refractivity contribution < 1.29 is 0 Å². The van der Waals surface area contributed by atoms with Gasteiger partial charge in [0.2, 0.25) is 0 Å². The minimum Gasteiger partial charge on any atom is -0.346 e. The molecule has 0 bridgehead atoms. The Morgan fingerprint density at radius 1 is 0.778 bits per heavy atom. The first-order valence-corrected chi connectivity index (χ1v) is 10.4. The number of rotatable bonds is 2. The molecule has 3 aromatic rings. The predicted octanol–water partition coefficient (Wildman–Crippen LogP) is 7.54. The molecule has 1 nitrogen and oxygen atoms in total. The van der Waals surface area contributed by atoms with Crippen LogP contribution in [0.1, 0.15) is 51.3 Å². The third-order valence-corrected chi connectivity index (χ3v) is 5.29. The first kappa shape index (κ1) is 19.2. The molecule has 2 aliphatic carbocycles. The van der Waals surface area contributed by atoms with Crippen LogP contribution in [0.4, 0.5) is 0 Å². The van der Waals surface area contributed by atoms with Crippen molar-refractivity contribution in [3.8, 4) is 22.4 Å². The van der Waals surface area contributed by atoms with E-state index in [9.17, 15) is 0 Å². The van der Waals surface area contributed by atoms with Gasteiger partial charge >= 0.3 is 0 Å². The van der Waals surface area contributed by atoms with E-state index in [1.807, 2.05) is 27.7 Å². The summed E-state index contributed by atoms with van der Waals surface area (Å²) in [5.74, 6) is 1.49. The highest BCUT2D eigenvalue weighted by Crippen LogP contribution is 2.56. The molecule has 1 heterocycles. The van der Waals surface area contributed by atoms with Crippen molar-refractivity contribution in [2.45, 2.75) is 40.0 Å². The molecule has 2 aromatic carbocycles. The minimum absolute atomic E-state index is 0.722. The van der Waals surface area contributed by atoms with Gasteiger partial charge in [-0.25, -0.2) is 0 Å². The lowest BCUT2D eigenvalue weighted by atomic mass is 9.94. The van der Waals surface area contributed by atoms with Gasteiger partial charge in [-0.1, -0.05) is 101 Å². The fourth-order valence-corrected chi connectivity index (χ4v) is 4.13. The molecular weight excluding hydrogens is 326 g/mol. The van der Waals surface area contributed by atoms with Crippen LogP contribution in [0.2, 0.25) is 0 Å². The SMILES string of the molecule is CC.CC.Cn1c(-c2ccccc2)c(-c2ccccc2)c2c1C1CC1C=C2. The summed E-state index contributed by atoms with van der Waals surface area (Å²) >= 11 is 0. The zero-order valence-electron chi connectivity index (χ0n) is 17.2. The van der Waals surface area contributed by atoms with Crippen LogP contribution in [0.25, 0.3) is 28.5 Å². The van der Waals surface area contributed by atoms with E-state index in [4.69, 9.17) is 0 Å². The molecule has 2 atom stereocenters. The third-order valence-electron chi connectivity index (χ3n) is 5.29. The van der Waals surface area contributed by atoms with E-state index in [0.29, 0.717) is 0 Å². The van der Waals surface area contributed by atoms with Gasteiger partial charge in [-0.3, -0.25) is 0 Å². The molecule has 0 N–H and O–H groups in total. The maximum atomic E-state index is 2.45. The highest BCUT2D eigenvalue weighted by Gasteiger charge is 2.43. The molecule has 1 saturated carbocycles. The van der Waals surface area contributed by atoms with Crippen molar-refractivity contribution in [1.82, 2.24) is 4.57 Å². The maximum absolute atomic E-state index is 2.45. The Labute approximate surface area is 164 Å². The molecule has 0 spiro atoms. The van der Waals surface area contributed by atoms with Gasteiger partial charge in [0.25, 0.3) is 0 Å². The van der Waals surface area contributed by atoms with Gasteiger partial charge in [-0.2, -0.15) is 0 Å². The molecule has 0 radical (unpaired) electrons. The van der Waals surface area contributed by atoms with E-state index in [0.717, 1.165) is 11.8 Å². The van der Waals surface area contributed by atoms with E-state index in [2.05, 4.69) is 84.4 Å². The zero-order chi connectivity index (χ0) is 19.4. The summed E-state index contributed by atoms with van der Waals surface area (Å²) in [4.78, 5) is 0. The monoisotopic (exact) mass is 357 g/mol. The van der Waals surface area contributed by atoms with Crippen LogP contribution in [0.5, 0.6) is 0 Å². The number of hydrogen-bond acceptors (Lipinski definition) is 0. The molecule has 1 heteroatoms. The summed E-state index contributed by atoms with van der Waals surface area (Å²) in [6.45, 7) is 8.00. The fraction of sp³-hybridized carbons (Fsp3) is 0.308. The van der Waals surface area contributed by atoms with E-state index in [1.165, 1.54) is 40.1 Å². The molecule has 5 rings (SSSR count). The summed E-state index contributed by atoms with van der Waals surface area (Å²) in [6, 6.07) is 21.6. The molecule has 1 aromatic heterocycles. The van der Waals surface area contributed by atoms with Crippen molar-refractivity contribution in [3.63, 3.8) is 0 Å². The van der Waals surface area contributed by atoms with E-state index in [1.54, 1.807) is 0 Å². The minimum atomic E-state index is 0.722. The normalized spacial score (nSPS) is 18.3. The second kappa shape index (κ2) is 8.43. The van der Waals surface area contributed by atoms with Crippen LogP contribution in [0.3, 0.4) is 0 Å². The molecule has 140 valence electrons. The van der Waals surface area contributed by atoms with Gasteiger partial charge in [0, 0.05) is 29.8 Å². The van der Waals surface area contributed by atoms with E-state index >= 15 is 0 Å². The van der Waals surface area contributed by atoms with Gasteiger partial charge in [-0.15, -0.1) is 0 Å². The Balaban J connectivity index is 0.000000495. The fourth-order valence-electron chi connectivity index (χ4n) is 4.13. The first-order valence-electron chi connectivity index (χ1n) is 10.4. The van der Waals surface area contributed by atoms with Crippen LogP contribution in [0.15, 0.2) is 66.7 Å². The summed E-state index contributed by atoms with van der Waals surface area (Å²) in [5, 5.41) is 0. The van der Waals surface area contributed by atoms with Gasteiger partial charge in [0.15, 0.2) is 0 Å². The number of aromatic nitrogens is 1. The molecule has 0 saturated heterocycles. The number of allylic oxidation sites excluding steroid dienone is 1. The van der Waals surface area contributed by atoms with Gasteiger partial charge < -0.3 is 4.57 Å². The first-order chi connectivity index (χ1) is 13.3. The lowest BCUT2D eigenvalue weighted by Gasteiger charge is -2.10. The Morgan fingerprint density at radius 3 is 1.93 bits per heavy atom. The van der Waals surface area contributed by atoms with Crippen LogP contribution in [-0.4, -0.2) is 4.57 Å². The van der Waals surface area contributed by atoms with Crippen LogP contribution >= 0.6 is 0 Å². The van der Waals surface area contributed by atoms with Crippen molar-refractivity contribution >= 4 is 6.08 Å². The van der Waals surface area contributed by atoms with Crippen molar-refractivity contribution in [3.05, 3.63) is 78.0 Å². The van der Waals surface area contributed by atoms with Crippen molar-refractivity contribution in [2.75, 3.05) is 0 Å². The molecule has 1 fully saturated rings. The summed E-state index contributed by atoms with van der Waals surface area (Å²) in [6.07, 6.45) is 6.08. The van der Waals surface area contributed by atoms with Crippen LogP contribution in [-0.2, 0) is 7.05 Å². The molecular formula is C26H31N. The Bertz CT molecular complexity index is 900. The van der Waals surface area contributed by atoms with Crippen molar-refractivity contribution in [2.24, 2.45) is 13.0 Å². The highest BCUT2D eigenvalue weighted by molar-refractivity contribution is 5.91. The summed E-state index contributed by atoms with van der Waals surface area (Å²) < 4.78 is 2.45. The number of fused-ring (bicyclic) bond motifs is 3.